The van der Waals surface area contributed by atoms with Crippen LogP contribution in [0.25, 0.3) is 0 Å². The molecule has 1 saturated carbocycles. The lowest BCUT2D eigenvalue weighted by Crippen LogP contribution is -2.71. The summed E-state index contributed by atoms with van der Waals surface area (Å²) in [5, 5.41) is 3.86. The van der Waals surface area contributed by atoms with Gasteiger partial charge >= 0.3 is 0 Å². The number of aliphatic imine (C=N–C) groups is 1. The monoisotopic (exact) mass is 492 g/mol. The minimum Gasteiger partial charge on any atom is -0.379 e. The largest absolute Gasteiger partial charge is 0.379 e. The normalized spacial score (nSPS) is 36.6. The number of likely N-dealkylation sites (tertiary alicyclic amines) is 1. The lowest BCUT2D eigenvalue weighted by molar-refractivity contribution is -0.188. The fourth-order valence-corrected chi connectivity index (χ4v) is 5.52. The van der Waals surface area contributed by atoms with Gasteiger partial charge in [0.15, 0.2) is 5.96 Å². The van der Waals surface area contributed by atoms with Gasteiger partial charge in [0.1, 0.15) is 0 Å². The molecule has 4 atom stereocenters. The van der Waals surface area contributed by atoms with Crippen LogP contribution in [0.15, 0.2) is 4.99 Å². The van der Waals surface area contributed by atoms with Gasteiger partial charge in [0.2, 0.25) is 0 Å². The Balaban J connectivity index is 0.00000210. The Morgan fingerprint density at radius 1 is 1.15 bits per heavy atom. The van der Waals surface area contributed by atoms with Gasteiger partial charge in [0, 0.05) is 62.7 Å². The second-order valence-electron chi connectivity index (χ2n) is 8.88. The molecule has 0 aromatic rings. The number of morpholine rings is 1. The predicted octanol–water partition coefficient (Wildman–Crippen LogP) is 2.18. The molecule has 0 aromatic carbocycles. The average molecular weight is 492 g/mol. The van der Waals surface area contributed by atoms with Crippen molar-refractivity contribution < 1.29 is 9.47 Å². The van der Waals surface area contributed by atoms with Gasteiger partial charge in [0.05, 0.1) is 19.3 Å². The molecule has 4 aliphatic rings. The van der Waals surface area contributed by atoms with E-state index in [2.05, 4.69) is 35.9 Å². The topological polar surface area (TPSA) is 49.3 Å². The number of rotatable bonds is 3. The van der Waals surface area contributed by atoms with Gasteiger partial charge in [-0.05, 0) is 26.2 Å². The summed E-state index contributed by atoms with van der Waals surface area (Å²) in [7, 11) is 0. The zero-order valence-corrected chi connectivity index (χ0v) is 19.5. The molecule has 7 heteroatoms. The maximum atomic E-state index is 6.07. The van der Waals surface area contributed by atoms with E-state index in [0.29, 0.717) is 24.1 Å². The lowest BCUT2D eigenvalue weighted by atomic mass is 9.55. The van der Waals surface area contributed by atoms with Crippen molar-refractivity contribution >= 4 is 29.9 Å². The molecule has 3 heterocycles. The fourth-order valence-electron chi connectivity index (χ4n) is 5.52. The molecule has 0 aromatic heterocycles. The Morgan fingerprint density at radius 2 is 1.93 bits per heavy atom. The van der Waals surface area contributed by atoms with Gasteiger partial charge in [-0.1, -0.05) is 13.8 Å². The molecular formula is C20H37IN4O2. The summed E-state index contributed by atoms with van der Waals surface area (Å²) in [4.78, 5) is 9.94. The van der Waals surface area contributed by atoms with Crippen molar-refractivity contribution in [2.75, 3.05) is 52.5 Å². The van der Waals surface area contributed by atoms with E-state index in [1.165, 1.54) is 19.3 Å². The van der Waals surface area contributed by atoms with Gasteiger partial charge in [-0.15, -0.1) is 24.0 Å². The summed E-state index contributed by atoms with van der Waals surface area (Å²) in [5.74, 6) is 1.75. The molecule has 4 rings (SSSR count). The molecule has 3 aliphatic heterocycles. The molecule has 0 amide bonds. The standard InChI is InChI=1S/C20H36N4O2.HI/c1-4-21-19(22-17-16-6-5-11-26-18(16)20(17,2)3)24-8-7-15(14-24)23-9-12-25-13-10-23;/h15-18H,4-14H2,1-3H3,(H,21,22);1H. The molecular weight excluding hydrogens is 455 g/mol. The molecule has 0 bridgehead atoms. The van der Waals surface area contributed by atoms with Gasteiger partial charge in [-0.3, -0.25) is 9.89 Å². The second-order valence-corrected chi connectivity index (χ2v) is 8.88. The Hall–Kier alpha value is -0.120. The second kappa shape index (κ2) is 9.13. The predicted molar refractivity (Wildman–Crippen MR) is 119 cm³/mol. The van der Waals surface area contributed by atoms with E-state index in [1.54, 1.807) is 0 Å². The van der Waals surface area contributed by atoms with Crippen LogP contribution in [0.3, 0.4) is 0 Å². The van der Waals surface area contributed by atoms with E-state index >= 15 is 0 Å². The molecule has 27 heavy (non-hydrogen) atoms. The van der Waals surface area contributed by atoms with Crippen molar-refractivity contribution in [3.8, 4) is 0 Å². The van der Waals surface area contributed by atoms with E-state index in [-0.39, 0.29) is 29.4 Å². The maximum absolute atomic E-state index is 6.07. The summed E-state index contributed by atoms with van der Waals surface area (Å²) in [6, 6.07) is 1.11. The van der Waals surface area contributed by atoms with Crippen LogP contribution >= 0.6 is 24.0 Å². The highest BCUT2D eigenvalue weighted by molar-refractivity contribution is 14.0. The van der Waals surface area contributed by atoms with E-state index in [9.17, 15) is 0 Å². The van der Waals surface area contributed by atoms with Crippen molar-refractivity contribution in [2.24, 2.45) is 16.3 Å². The Morgan fingerprint density at radius 3 is 2.67 bits per heavy atom. The number of ether oxygens (including phenoxy) is 2. The van der Waals surface area contributed by atoms with Crippen molar-refractivity contribution in [1.82, 2.24) is 15.1 Å². The van der Waals surface area contributed by atoms with Crippen LogP contribution in [0, 0.1) is 11.3 Å². The van der Waals surface area contributed by atoms with Crippen molar-refractivity contribution in [2.45, 2.75) is 58.2 Å². The number of halogens is 1. The smallest absolute Gasteiger partial charge is 0.194 e. The molecule has 1 aliphatic carbocycles. The van der Waals surface area contributed by atoms with Gasteiger partial charge < -0.3 is 19.7 Å². The molecule has 0 radical (unpaired) electrons. The van der Waals surface area contributed by atoms with Crippen molar-refractivity contribution in [1.29, 1.82) is 0 Å². The highest BCUT2D eigenvalue weighted by Gasteiger charge is 2.58. The third-order valence-corrected chi connectivity index (χ3v) is 6.95. The Bertz CT molecular complexity index is 524. The van der Waals surface area contributed by atoms with Crippen LogP contribution in [-0.4, -0.2) is 86.5 Å². The first-order valence-corrected chi connectivity index (χ1v) is 10.6. The van der Waals surface area contributed by atoms with E-state index in [4.69, 9.17) is 14.5 Å². The third-order valence-electron chi connectivity index (χ3n) is 6.95. The first-order chi connectivity index (χ1) is 12.6. The number of hydrogen-bond acceptors (Lipinski definition) is 4. The van der Waals surface area contributed by atoms with Crippen LogP contribution in [0.5, 0.6) is 0 Å². The SMILES string of the molecule is CCN=C(NC1C2CCCOC2C1(C)C)N1CCC(N2CCOCC2)C1.I. The average Bonchev–Trinajstić information content (AvgIpc) is 3.16. The number of fused-ring (bicyclic) bond motifs is 1. The van der Waals surface area contributed by atoms with Gasteiger partial charge in [-0.2, -0.15) is 0 Å². The summed E-state index contributed by atoms with van der Waals surface area (Å²) in [6.45, 7) is 14.7. The number of nitrogens with one attached hydrogen (secondary N) is 1. The molecule has 1 N–H and O–H groups in total. The summed E-state index contributed by atoms with van der Waals surface area (Å²) < 4.78 is 11.6. The lowest BCUT2D eigenvalue weighted by Gasteiger charge is -2.60. The molecule has 4 unspecified atom stereocenters. The Kier molecular flexibility index (Phi) is 7.30. The summed E-state index contributed by atoms with van der Waals surface area (Å²) in [6.07, 6.45) is 4.12. The number of hydrogen-bond donors (Lipinski definition) is 1. The van der Waals surface area contributed by atoms with Crippen molar-refractivity contribution in [3.63, 3.8) is 0 Å². The molecule has 4 fully saturated rings. The minimum atomic E-state index is 0. The van der Waals surface area contributed by atoms with Gasteiger partial charge in [0.25, 0.3) is 0 Å². The quantitative estimate of drug-likeness (QED) is 0.372. The van der Waals surface area contributed by atoms with Crippen LogP contribution < -0.4 is 5.32 Å². The zero-order valence-electron chi connectivity index (χ0n) is 17.2. The van der Waals surface area contributed by atoms with E-state index in [1.807, 2.05) is 0 Å². The fraction of sp³-hybridized carbons (Fsp3) is 0.950. The van der Waals surface area contributed by atoms with Crippen LogP contribution in [0.1, 0.15) is 40.0 Å². The minimum absolute atomic E-state index is 0. The summed E-state index contributed by atoms with van der Waals surface area (Å²) >= 11 is 0. The van der Waals surface area contributed by atoms with E-state index < -0.39 is 0 Å². The zero-order chi connectivity index (χ0) is 18.1. The van der Waals surface area contributed by atoms with Crippen LogP contribution in [0.2, 0.25) is 0 Å². The van der Waals surface area contributed by atoms with Crippen LogP contribution in [0.4, 0.5) is 0 Å². The van der Waals surface area contributed by atoms with Gasteiger partial charge in [-0.25, -0.2) is 0 Å². The third kappa shape index (κ3) is 4.26. The highest BCUT2D eigenvalue weighted by atomic mass is 127. The molecule has 3 saturated heterocycles. The first kappa shape index (κ1) is 21.6. The number of nitrogens with zero attached hydrogens (tertiary/aromatic N) is 3. The number of guanidine groups is 1. The van der Waals surface area contributed by atoms with Crippen LogP contribution in [-0.2, 0) is 9.47 Å². The van der Waals surface area contributed by atoms with Crippen molar-refractivity contribution in [3.05, 3.63) is 0 Å². The molecule has 156 valence electrons. The highest BCUT2D eigenvalue weighted by Crippen LogP contribution is 2.51. The van der Waals surface area contributed by atoms with E-state index in [0.717, 1.165) is 58.5 Å². The molecule has 6 nitrogen and oxygen atoms in total. The summed E-state index contributed by atoms with van der Waals surface area (Å²) in [5.41, 5.74) is 0.183. The Labute approximate surface area is 181 Å². The molecule has 0 spiro atoms. The first-order valence-electron chi connectivity index (χ1n) is 10.6. The maximum Gasteiger partial charge on any atom is 0.194 e.